The molecule has 154 valence electrons. The van der Waals surface area contributed by atoms with Crippen molar-refractivity contribution >= 4 is 34.6 Å². The fourth-order valence-corrected chi connectivity index (χ4v) is 4.17. The Balaban J connectivity index is 1.48. The van der Waals surface area contributed by atoms with Crippen LogP contribution in [0.3, 0.4) is 0 Å². The average Bonchev–Trinajstić information content (AvgIpc) is 2.64. The first-order valence-electron chi connectivity index (χ1n) is 10.2. The third-order valence-electron chi connectivity index (χ3n) is 5.39. The number of thiocarbonyl (C=S) groups is 1. The van der Waals surface area contributed by atoms with Crippen LogP contribution in [0.1, 0.15) is 22.3 Å². The summed E-state index contributed by atoms with van der Waals surface area (Å²) in [6.07, 6.45) is 0. The molecule has 6 heteroatoms. The minimum absolute atomic E-state index is 0.0711. The molecule has 1 heterocycles. The van der Waals surface area contributed by atoms with Gasteiger partial charge in [-0.25, -0.2) is 0 Å². The highest BCUT2D eigenvalue weighted by Crippen LogP contribution is 2.19. The third-order valence-corrected chi connectivity index (χ3v) is 5.75. The lowest BCUT2D eigenvalue weighted by atomic mass is 10.1. The minimum Gasteiger partial charge on any atom is -0.338 e. The molecule has 1 aliphatic heterocycles. The standard InChI is InChI=1S/C23H30N4OS/c1-16-12-17(2)14-20(13-16)24-23(29)27-10-8-26(9-11-27)15-21(28)25-22-18(3)6-5-7-19(22)4/h5-7,12-14H,8-11,15H2,1-4H3,(H,24,29)(H,25,28)/p+1. The average molecular weight is 412 g/mol. The molecule has 3 N–H and O–H groups in total. The monoisotopic (exact) mass is 411 g/mol. The summed E-state index contributed by atoms with van der Waals surface area (Å²) < 4.78 is 0. The van der Waals surface area contributed by atoms with E-state index in [4.69, 9.17) is 12.2 Å². The molecule has 29 heavy (non-hydrogen) atoms. The molecule has 3 rings (SSSR count). The van der Waals surface area contributed by atoms with Crippen LogP contribution in [-0.2, 0) is 4.79 Å². The minimum atomic E-state index is 0.0711. The number of para-hydroxylation sites is 1. The first kappa shape index (κ1) is 21.3. The van der Waals surface area contributed by atoms with Gasteiger partial charge in [0.1, 0.15) is 0 Å². The Morgan fingerprint density at radius 2 is 1.59 bits per heavy atom. The Labute approximate surface area is 179 Å². The van der Waals surface area contributed by atoms with Gasteiger partial charge < -0.3 is 20.4 Å². The van der Waals surface area contributed by atoms with Crippen LogP contribution in [0.5, 0.6) is 0 Å². The normalized spacial score (nSPS) is 14.6. The second kappa shape index (κ2) is 9.37. The van der Waals surface area contributed by atoms with Crippen LogP contribution in [0.4, 0.5) is 11.4 Å². The van der Waals surface area contributed by atoms with Crippen LogP contribution in [0.25, 0.3) is 0 Å². The predicted molar refractivity (Wildman–Crippen MR) is 124 cm³/mol. The quantitative estimate of drug-likeness (QED) is 0.677. The molecular weight excluding hydrogens is 380 g/mol. The summed E-state index contributed by atoms with van der Waals surface area (Å²) in [6, 6.07) is 12.4. The molecule has 0 spiro atoms. The molecule has 1 amide bonds. The number of anilines is 2. The molecular formula is C23H31N4OS+. The Hall–Kier alpha value is -2.44. The summed E-state index contributed by atoms with van der Waals surface area (Å²) in [5.74, 6) is 0.0711. The maximum atomic E-state index is 12.5. The number of quaternary nitrogens is 1. The maximum absolute atomic E-state index is 12.5. The number of rotatable bonds is 4. The number of hydrogen-bond donors (Lipinski definition) is 3. The van der Waals surface area contributed by atoms with Gasteiger partial charge in [0.15, 0.2) is 11.7 Å². The number of piperazine rings is 1. The van der Waals surface area contributed by atoms with Crippen LogP contribution in [0.2, 0.25) is 0 Å². The molecule has 0 aliphatic carbocycles. The van der Waals surface area contributed by atoms with Crippen molar-refractivity contribution in [2.24, 2.45) is 0 Å². The van der Waals surface area contributed by atoms with E-state index >= 15 is 0 Å². The number of nitrogens with zero attached hydrogens (tertiary/aromatic N) is 1. The summed E-state index contributed by atoms with van der Waals surface area (Å²) in [5.41, 5.74) is 6.62. The van der Waals surface area contributed by atoms with E-state index < -0.39 is 0 Å². The molecule has 1 saturated heterocycles. The lowest BCUT2D eigenvalue weighted by molar-refractivity contribution is -0.895. The highest BCUT2D eigenvalue weighted by atomic mass is 32.1. The van der Waals surface area contributed by atoms with Crippen molar-refractivity contribution in [1.82, 2.24) is 4.90 Å². The van der Waals surface area contributed by atoms with Crippen molar-refractivity contribution in [3.05, 3.63) is 58.7 Å². The second-order valence-corrected chi connectivity index (χ2v) is 8.42. The van der Waals surface area contributed by atoms with E-state index in [9.17, 15) is 4.79 Å². The molecule has 1 aliphatic rings. The molecule has 0 unspecified atom stereocenters. The third kappa shape index (κ3) is 5.78. The summed E-state index contributed by atoms with van der Waals surface area (Å²) in [7, 11) is 0. The topological polar surface area (TPSA) is 48.8 Å². The number of benzene rings is 2. The number of nitrogens with one attached hydrogen (secondary N) is 3. The van der Waals surface area contributed by atoms with E-state index in [1.165, 1.54) is 16.0 Å². The summed E-state index contributed by atoms with van der Waals surface area (Å²) in [5, 5.41) is 7.21. The van der Waals surface area contributed by atoms with Crippen LogP contribution < -0.4 is 15.5 Å². The van der Waals surface area contributed by atoms with Crippen molar-refractivity contribution < 1.29 is 9.69 Å². The first-order chi connectivity index (χ1) is 13.8. The largest absolute Gasteiger partial charge is 0.338 e. The molecule has 0 saturated carbocycles. The number of carbonyl (C=O) groups excluding carboxylic acids is 1. The van der Waals surface area contributed by atoms with Crippen molar-refractivity contribution in [3.63, 3.8) is 0 Å². The van der Waals surface area contributed by atoms with Crippen molar-refractivity contribution in [1.29, 1.82) is 0 Å². The number of amides is 1. The van der Waals surface area contributed by atoms with Gasteiger partial charge in [-0.1, -0.05) is 24.3 Å². The fourth-order valence-electron chi connectivity index (χ4n) is 3.87. The van der Waals surface area contributed by atoms with Gasteiger partial charge >= 0.3 is 0 Å². The van der Waals surface area contributed by atoms with Gasteiger partial charge in [-0.3, -0.25) is 4.79 Å². The highest BCUT2D eigenvalue weighted by molar-refractivity contribution is 7.80. The Morgan fingerprint density at radius 3 is 2.17 bits per heavy atom. The maximum Gasteiger partial charge on any atom is 0.279 e. The van der Waals surface area contributed by atoms with Gasteiger partial charge in [0.05, 0.1) is 26.2 Å². The van der Waals surface area contributed by atoms with Crippen molar-refractivity contribution in [3.8, 4) is 0 Å². The van der Waals surface area contributed by atoms with Crippen LogP contribution in [-0.4, -0.2) is 48.6 Å². The van der Waals surface area contributed by atoms with Crippen LogP contribution >= 0.6 is 12.2 Å². The summed E-state index contributed by atoms with van der Waals surface area (Å²) in [6.45, 7) is 12.2. The molecule has 5 nitrogen and oxygen atoms in total. The van der Waals surface area contributed by atoms with Gasteiger partial charge in [-0.05, 0) is 74.3 Å². The molecule has 1 fully saturated rings. The lowest BCUT2D eigenvalue weighted by Gasteiger charge is -2.33. The summed E-state index contributed by atoms with van der Waals surface area (Å²) >= 11 is 5.61. The molecule has 0 bridgehead atoms. The van der Waals surface area contributed by atoms with Crippen LogP contribution in [0.15, 0.2) is 36.4 Å². The van der Waals surface area contributed by atoms with Crippen LogP contribution in [0, 0.1) is 27.7 Å². The Bertz CT molecular complexity index is 863. The molecule has 0 atom stereocenters. The Kier molecular flexibility index (Phi) is 6.87. The van der Waals surface area contributed by atoms with E-state index in [2.05, 4.69) is 47.6 Å². The predicted octanol–water partition coefficient (Wildman–Crippen LogP) is 2.46. The SMILES string of the molecule is Cc1cc(C)cc(NC(=S)N2CC[NH+](CC(=O)Nc3c(C)cccc3C)CC2)c1. The zero-order valence-corrected chi connectivity index (χ0v) is 18.6. The van der Waals surface area contributed by atoms with E-state index in [0.717, 1.165) is 53.8 Å². The van der Waals surface area contributed by atoms with E-state index in [1.54, 1.807) is 0 Å². The van der Waals surface area contributed by atoms with Gasteiger partial charge in [-0.2, -0.15) is 0 Å². The zero-order valence-electron chi connectivity index (χ0n) is 17.8. The smallest absolute Gasteiger partial charge is 0.279 e. The molecule has 2 aromatic rings. The number of aryl methyl sites for hydroxylation is 4. The van der Waals surface area contributed by atoms with Gasteiger partial charge in [0, 0.05) is 11.4 Å². The molecule has 2 aromatic carbocycles. The molecule has 0 aromatic heterocycles. The van der Waals surface area contributed by atoms with Gasteiger partial charge in [-0.15, -0.1) is 0 Å². The van der Waals surface area contributed by atoms with Crippen molar-refractivity contribution in [2.45, 2.75) is 27.7 Å². The van der Waals surface area contributed by atoms with E-state index in [1.807, 2.05) is 32.0 Å². The van der Waals surface area contributed by atoms with Gasteiger partial charge in [0.2, 0.25) is 0 Å². The van der Waals surface area contributed by atoms with Crippen molar-refractivity contribution in [2.75, 3.05) is 43.4 Å². The van der Waals surface area contributed by atoms with Gasteiger partial charge in [0.25, 0.3) is 5.91 Å². The highest BCUT2D eigenvalue weighted by Gasteiger charge is 2.24. The Morgan fingerprint density at radius 1 is 1.00 bits per heavy atom. The van der Waals surface area contributed by atoms with E-state index in [-0.39, 0.29) is 5.91 Å². The molecule has 0 radical (unpaired) electrons. The number of carbonyl (C=O) groups is 1. The summed E-state index contributed by atoms with van der Waals surface area (Å²) in [4.78, 5) is 16.0. The fraction of sp³-hybridized carbons (Fsp3) is 0.391. The zero-order chi connectivity index (χ0) is 21.0. The second-order valence-electron chi connectivity index (χ2n) is 8.04. The van der Waals surface area contributed by atoms with E-state index in [0.29, 0.717) is 6.54 Å². The number of hydrogen-bond acceptors (Lipinski definition) is 2. The lowest BCUT2D eigenvalue weighted by Crippen LogP contribution is -3.15. The first-order valence-corrected chi connectivity index (χ1v) is 10.6.